The third-order valence-electron chi connectivity index (χ3n) is 6.67. The van der Waals surface area contributed by atoms with Crippen molar-refractivity contribution in [1.29, 1.82) is 0 Å². The molecule has 1 aromatic rings. The first-order chi connectivity index (χ1) is 15.5. The molecule has 1 aromatic carbocycles. The summed E-state index contributed by atoms with van der Waals surface area (Å²) in [6, 6.07) is 7.54. The Morgan fingerprint density at radius 1 is 0.969 bits per heavy atom. The number of aryl methyl sites for hydroxylation is 1. The number of benzene rings is 1. The van der Waals surface area contributed by atoms with Crippen molar-refractivity contribution in [3.05, 3.63) is 47.5 Å². The van der Waals surface area contributed by atoms with Crippen molar-refractivity contribution >= 4 is 11.9 Å². The van der Waals surface area contributed by atoms with E-state index in [1.165, 1.54) is 56.9 Å². The molecule has 6 nitrogen and oxygen atoms in total. The van der Waals surface area contributed by atoms with Crippen LogP contribution in [0.25, 0.3) is 0 Å². The van der Waals surface area contributed by atoms with Crippen LogP contribution in [-0.4, -0.2) is 34.4 Å². The Labute approximate surface area is 190 Å². The molecule has 1 saturated carbocycles. The second kappa shape index (κ2) is 12.2. The summed E-state index contributed by atoms with van der Waals surface area (Å²) in [4.78, 5) is 22.4. The lowest BCUT2D eigenvalue weighted by atomic mass is 9.79. The number of carboxylic acid groups (broad SMARTS) is 2. The molecular weight excluding hydrogens is 408 g/mol. The molecule has 0 radical (unpaired) electrons. The molecule has 1 aliphatic heterocycles. The summed E-state index contributed by atoms with van der Waals surface area (Å²) in [5.41, 5.74) is 1.79. The van der Waals surface area contributed by atoms with Crippen LogP contribution in [-0.2, 0) is 25.5 Å². The van der Waals surface area contributed by atoms with Crippen LogP contribution in [0.1, 0.15) is 82.1 Å². The molecule has 0 aromatic heterocycles. The monoisotopic (exact) mass is 444 g/mol. The Balaban J connectivity index is 1.40. The van der Waals surface area contributed by atoms with E-state index < -0.39 is 30.4 Å². The number of carboxylic acids is 2. The zero-order chi connectivity index (χ0) is 22.9. The van der Waals surface area contributed by atoms with Gasteiger partial charge in [-0.3, -0.25) is 0 Å². The zero-order valence-corrected chi connectivity index (χ0v) is 18.9. The van der Waals surface area contributed by atoms with Crippen molar-refractivity contribution < 1.29 is 29.3 Å². The Morgan fingerprint density at radius 3 is 2.16 bits per heavy atom. The number of aliphatic carboxylic acids is 2. The molecule has 2 atom stereocenters. The fourth-order valence-electron chi connectivity index (χ4n) is 4.71. The molecule has 1 heterocycles. The predicted octanol–water partition coefficient (Wildman–Crippen LogP) is 5.51. The Hall–Kier alpha value is -2.18. The highest BCUT2D eigenvalue weighted by Gasteiger charge is 2.46. The lowest BCUT2D eigenvalue weighted by Gasteiger charge is -2.26. The largest absolute Gasteiger partial charge is 0.479 e. The van der Waals surface area contributed by atoms with Gasteiger partial charge in [-0.25, -0.2) is 9.59 Å². The van der Waals surface area contributed by atoms with E-state index in [1.54, 1.807) is 0 Å². The fraction of sp³-hybridized carbons (Fsp3) is 0.615. The van der Waals surface area contributed by atoms with E-state index in [2.05, 4.69) is 19.1 Å². The summed E-state index contributed by atoms with van der Waals surface area (Å²) in [6.07, 6.45) is 13.5. The Morgan fingerprint density at radius 2 is 1.59 bits per heavy atom. The number of ether oxygens (including phenoxy) is 2. The molecule has 0 unspecified atom stereocenters. The average molecular weight is 445 g/mol. The number of hydrogen-bond donors (Lipinski definition) is 2. The van der Waals surface area contributed by atoms with Crippen LogP contribution in [0.4, 0.5) is 0 Å². The molecule has 2 fully saturated rings. The topological polar surface area (TPSA) is 93.1 Å². The van der Waals surface area contributed by atoms with Gasteiger partial charge in [-0.15, -0.1) is 0 Å². The molecule has 1 saturated heterocycles. The highest BCUT2D eigenvalue weighted by Crippen LogP contribution is 2.33. The van der Waals surface area contributed by atoms with Gasteiger partial charge in [0, 0.05) is 5.56 Å². The van der Waals surface area contributed by atoms with E-state index in [-0.39, 0.29) is 0 Å². The van der Waals surface area contributed by atoms with Crippen LogP contribution >= 0.6 is 0 Å². The van der Waals surface area contributed by atoms with Gasteiger partial charge in [0.05, 0.1) is 0 Å². The van der Waals surface area contributed by atoms with E-state index in [1.807, 2.05) is 24.3 Å². The summed E-state index contributed by atoms with van der Waals surface area (Å²) in [5, 5.41) is 18.3. The molecular formula is C26H36O6. The van der Waals surface area contributed by atoms with Gasteiger partial charge in [-0.05, 0) is 55.9 Å². The standard InChI is InChI=1S/C26H36O6/c1-2-3-4-7-18-10-12-19(13-11-18)8-5-6-9-20-14-16-21(17-15-20)26-31-22(24(27)28)23(32-26)25(29)30/h5,8,14-19,22-23,26H,2-4,6-7,9-13H2,1H3,(H,27,28)(H,29,30)/t18?,19?,22-,23-/m1/s1. The van der Waals surface area contributed by atoms with E-state index in [0.717, 1.165) is 24.7 Å². The minimum Gasteiger partial charge on any atom is -0.479 e. The van der Waals surface area contributed by atoms with Gasteiger partial charge in [-0.2, -0.15) is 0 Å². The quantitative estimate of drug-likeness (QED) is 0.345. The summed E-state index contributed by atoms with van der Waals surface area (Å²) in [6.45, 7) is 2.27. The van der Waals surface area contributed by atoms with Gasteiger partial charge in [0.2, 0.25) is 0 Å². The molecule has 0 amide bonds. The molecule has 32 heavy (non-hydrogen) atoms. The predicted molar refractivity (Wildman–Crippen MR) is 121 cm³/mol. The van der Waals surface area contributed by atoms with Gasteiger partial charge in [0.15, 0.2) is 18.5 Å². The number of allylic oxidation sites excluding steroid dienone is 2. The van der Waals surface area contributed by atoms with Gasteiger partial charge < -0.3 is 19.7 Å². The van der Waals surface area contributed by atoms with E-state index in [4.69, 9.17) is 19.7 Å². The first-order valence-corrected chi connectivity index (χ1v) is 12.0. The number of rotatable bonds is 11. The fourth-order valence-corrected chi connectivity index (χ4v) is 4.71. The van der Waals surface area contributed by atoms with E-state index in [9.17, 15) is 9.59 Å². The van der Waals surface area contributed by atoms with Crippen LogP contribution < -0.4 is 0 Å². The number of hydrogen-bond acceptors (Lipinski definition) is 4. The molecule has 2 aliphatic rings. The van der Waals surface area contributed by atoms with Gasteiger partial charge in [0.25, 0.3) is 0 Å². The smallest absolute Gasteiger partial charge is 0.336 e. The molecule has 0 spiro atoms. The molecule has 3 rings (SSSR count). The van der Waals surface area contributed by atoms with Gasteiger partial charge >= 0.3 is 11.9 Å². The number of carbonyl (C=O) groups is 2. The lowest BCUT2D eigenvalue weighted by molar-refractivity contribution is -0.156. The Kier molecular flexibility index (Phi) is 9.30. The summed E-state index contributed by atoms with van der Waals surface area (Å²) in [7, 11) is 0. The Bertz CT molecular complexity index is 741. The average Bonchev–Trinajstić information content (AvgIpc) is 3.25. The van der Waals surface area contributed by atoms with Crippen molar-refractivity contribution in [3.8, 4) is 0 Å². The lowest BCUT2D eigenvalue weighted by Crippen LogP contribution is -2.36. The van der Waals surface area contributed by atoms with Crippen molar-refractivity contribution in [2.75, 3.05) is 0 Å². The van der Waals surface area contributed by atoms with Crippen molar-refractivity contribution in [1.82, 2.24) is 0 Å². The first kappa shape index (κ1) is 24.5. The normalized spacial score (nSPS) is 26.5. The molecule has 2 N–H and O–H groups in total. The maximum atomic E-state index is 11.2. The third-order valence-corrected chi connectivity index (χ3v) is 6.67. The zero-order valence-electron chi connectivity index (χ0n) is 18.9. The van der Waals surface area contributed by atoms with Gasteiger partial charge in [-0.1, -0.05) is 69.0 Å². The van der Waals surface area contributed by atoms with E-state index >= 15 is 0 Å². The van der Waals surface area contributed by atoms with Crippen molar-refractivity contribution in [2.45, 2.75) is 89.6 Å². The highest BCUT2D eigenvalue weighted by molar-refractivity contribution is 5.84. The van der Waals surface area contributed by atoms with E-state index in [0.29, 0.717) is 5.56 Å². The summed E-state index contributed by atoms with van der Waals surface area (Å²) >= 11 is 0. The van der Waals surface area contributed by atoms with Crippen LogP contribution in [0.5, 0.6) is 0 Å². The molecule has 1 aliphatic carbocycles. The summed E-state index contributed by atoms with van der Waals surface area (Å²) in [5.74, 6) is -1.02. The van der Waals surface area contributed by atoms with Crippen LogP contribution in [0, 0.1) is 11.8 Å². The highest BCUT2D eigenvalue weighted by atomic mass is 16.7. The second-order valence-corrected chi connectivity index (χ2v) is 9.11. The minimum absolute atomic E-state index is 0.620. The second-order valence-electron chi connectivity index (χ2n) is 9.11. The van der Waals surface area contributed by atoms with Crippen LogP contribution in [0.15, 0.2) is 36.4 Å². The van der Waals surface area contributed by atoms with Crippen LogP contribution in [0.2, 0.25) is 0 Å². The maximum Gasteiger partial charge on any atom is 0.336 e. The molecule has 176 valence electrons. The minimum atomic E-state index is -1.51. The molecule has 0 bridgehead atoms. The van der Waals surface area contributed by atoms with Crippen LogP contribution in [0.3, 0.4) is 0 Å². The maximum absolute atomic E-state index is 11.2. The van der Waals surface area contributed by atoms with Crippen molar-refractivity contribution in [2.24, 2.45) is 11.8 Å². The summed E-state index contributed by atoms with van der Waals surface area (Å²) < 4.78 is 10.6. The third kappa shape index (κ3) is 6.91. The van der Waals surface area contributed by atoms with Crippen molar-refractivity contribution in [3.63, 3.8) is 0 Å². The number of unbranched alkanes of at least 4 members (excludes halogenated alkanes) is 2. The molecule has 6 heteroatoms. The first-order valence-electron chi connectivity index (χ1n) is 12.0. The van der Waals surface area contributed by atoms with Gasteiger partial charge in [0.1, 0.15) is 0 Å². The SMILES string of the molecule is CCCCCC1CCC(C=CCCc2ccc(C3O[C@@H](C(=O)O)[C@H](C(=O)O)O3)cc2)CC1.